The van der Waals surface area contributed by atoms with E-state index >= 15 is 0 Å². The van der Waals surface area contributed by atoms with Crippen molar-refractivity contribution in [2.45, 2.75) is 30.7 Å². The molecular weight excluding hydrogens is 259 g/mol. The lowest BCUT2D eigenvalue weighted by Gasteiger charge is -2.41. The molecule has 3 N–H and O–H groups in total. The number of rotatable bonds is 4. The molecule has 9 nitrogen and oxygen atoms in total. The van der Waals surface area contributed by atoms with Crippen molar-refractivity contribution in [1.82, 2.24) is 0 Å². The van der Waals surface area contributed by atoms with Gasteiger partial charge in [0.15, 0.2) is 6.29 Å². The highest BCUT2D eigenvalue weighted by atomic mass is 31.2. The molecule has 0 spiro atoms. The van der Waals surface area contributed by atoms with Crippen LogP contribution in [0.2, 0.25) is 0 Å². The molecule has 0 saturated carbocycles. The summed E-state index contributed by atoms with van der Waals surface area (Å²) in [5.74, 6) is 0. The van der Waals surface area contributed by atoms with E-state index in [0.29, 0.717) is 0 Å². The third kappa shape index (κ3) is 3.95. The zero-order chi connectivity index (χ0) is 13.2. The van der Waals surface area contributed by atoms with Crippen molar-refractivity contribution in [3.05, 3.63) is 0 Å². The SMILES string of the molecule is CO[C@H]1O[C@H](COP(=O)([O-])[O-])[C@@H](O)[C@H](O)[C@H]1O. The van der Waals surface area contributed by atoms with Crippen molar-refractivity contribution in [1.29, 1.82) is 0 Å². The molecule has 10 heteroatoms. The standard InChI is InChI=1S/C7H15O9P/c1-14-7-6(10)5(9)4(8)3(16-7)2-15-17(11,12)13/h3-10H,2H2,1H3,(H2,11,12,13)/p-2/t3-,4-,5+,6-,7+/m1/s1. The molecule has 1 rings (SSSR count). The second kappa shape index (κ2) is 5.70. The van der Waals surface area contributed by atoms with Crippen LogP contribution in [0.15, 0.2) is 0 Å². The van der Waals surface area contributed by atoms with Gasteiger partial charge in [-0.15, -0.1) is 0 Å². The van der Waals surface area contributed by atoms with Crippen LogP contribution in [0, 0.1) is 0 Å². The van der Waals surface area contributed by atoms with E-state index in [2.05, 4.69) is 9.26 Å². The summed E-state index contributed by atoms with van der Waals surface area (Å²) in [6.07, 6.45) is -7.23. The van der Waals surface area contributed by atoms with E-state index < -0.39 is 45.1 Å². The summed E-state index contributed by atoms with van der Waals surface area (Å²) in [4.78, 5) is 20.5. The number of hydrogen-bond donors (Lipinski definition) is 3. The maximum Gasteiger partial charge on any atom is 0.186 e. The molecule has 0 aliphatic carbocycles. The van der Waals surface area contributed by atoms with E-state index in [1.807, 2.05) is 0 Å². The summed E-state index contributed by atoms with van der Waals surface area (Å²) in [5.41, 5.74) is 0. The number of aliphatic hydroxyl groups is 3. The first kappa shape index (κ1) is 15.0. The largest absolute Gasteiger partial charge is 0.790 e. The van der Waals surface area contributed by atoms with Crippen molar-refractivity contribution in [3.63, 3.8) is 0 Å². The molecule has 0 unspecified atom stereocenters. The van der Waals surface area contributed by atoms with Gasteiger partial charge in [0.05, 0.1) is 14.4 Å². The molecule has 0 aromatic carbocycles. The molecule has 102 valence electrons. The van der Waals surface area contributed by atoms with E-state index in [-0.39, 0.29) is 0 Å². The van der Waals surface area contributed by atoms with Crippen LogP contribution in [0.5, 0.6) is 0 Å². The third-order valence-corrected chi connectivity index (χ3v) is 2.76. The first-order chi connectivity index (χ1) is 7.76. The number of aliphatic hydroxyl groups excluding tert-OH is 3. The minimum absolute atomic E-state index is 0.769. The molecule has 1 fully saturated rings. The van der Waals surface area contributed by atoms with Crippen LogP contribution < -0.4 is 9.79 Å². The topological polar surface area (TPSA) is 152 Å². The molecule has 0 aromatic rings. The average molecular weight is 272 g/mol. The first-order valence-corrected chi connectivity index (χ1v) is 6.11. The monoisotopic (exact) mass is 272 g/mol. The molecular formula is C7H13O9P-2. The van der Waals surface area contributed by atoms with Gasteiger partial charge in [-0.1, -0.05) is 0 Å². The smallest absolute Gasteiger partial charge is 0.186 e. The van der Waals surface area contributed by atoms with Gasteiger partial charge in [-0.3, -0.25) is 0 Å². The van der Waals surface area contributed by atoms with Gasteiger partial charge in [-0.25, -0.2) is 0 Å². The molecule has 0 bridgehead atoms. The summed E-state index contributed by atoms with van der Waals surface area (Å²) >= 11 is 0. The Bertz CT molecular complexity index is 289. The van der Waals surface area contributed by atoms with E-state index in [9.17, 15) is 29.7 Å². The van der Waals surface area contributed by atoms with Crippen LogP contribution in [0.25, 0.3) is 0 Å². The predicted octanol–water partition coefficient (Wildman–Crippen LogP) is -3.71. The van der Waals surface area contributed by atoms with Gasteiger partial charge in [-0.2, -0.15) is 0 Å². The fourth-order valence-corrected chi connectivity index (χ4v) is 1.74. The molecule has 1 aliphatic heterocycles. The summed E-state index contributed by atoms with van der Waals surface area (Å²) in [5, 5.41) is 28.2. The highest BCUT2D eigenvalue weighted by molar-refractivity contribution is 7.43. The lowest BCUT2D eigenvalue weighted by Crippen LogP contribution is -2.59. The lowest BCUT2D eigenvalue weighted by molar-refractivity contribution is -0.347. The van der Waals surface area contributed by atoms with Crippen molar-refractivity contribution >= 4 is 7.82 Å². The van der Waals surface area contributed by atoms with Crippen LogP contribution in [0.1, 0.15) is 0 Å². The van der Waals surface area contributed by atoms with Crippen molar-refractivity contribution in [2.24, 2.45) is 0 Å². The number of hydrogen-bond acceptors (Lipinski definition) is 9. The quantitative estimate of drug-likeness (QED) is 0.438. The summed E-state index contributed by atoms with van der Waals surface area (Å²) < 4.78 is 23.8. The van der Waals surface area contributed by atoms with Gasteiger partial charge in [0.1, 0.15) is 24.4 Å². The number of phosphoric acid groups is 1. The Morgan fingerprint density at radius 2 is 1.82 bits per heavy atom. The molecule has 1 heterocycles. The summed E-state index contributed by atoms with van der Waals surface area (Å²) in [6.45, 7) is -0.769. The lowest BCUT2D eigenvalue weighted by atomic mass is 9.99. The van der Waals surface area contributed by atoms with Crippen LogP contribution in [-0.2, 0) is 18.6 Å². The van der Waals surface area contributed by atoms with Gasteiger partial charge < -0.3 is 43.7 Å². The third-order valence-electron chi connectivity index (χ3n) is 2.30. The Morgan fingerprint density at radius 1 is 1.24 bits per heavy atom. The predicted molar refractivity (Wildman–Crippen MR) is 47.2 cm³/mol. The molecule has 1 aliphatic rings. The van der Waals surface area contributed by atoms with Crippen LogP contribution in [-0.4, -0.2) is 59.7 Å². The zero-order valence-corrected chi connectivity index (χ0v) is 9.73. The minimum Gasteiger partial charge on any atom is -0.790 e. The second-order valence-corrected chi connectivity index (χ2v) is 4.65. The van der Waals surface area contributed by atoms with Crippen molar-refractivity contribution < 1.29 is 43.7 Å². The van der Waals surface area contributed by atoms with Gasteiger partial charge in [0.2, 0.25) is 0 Å². The summed E-state index contributed by atoms with van der Waals surface area (Å²) in [7, 11) is -4.02. The average Bonchev–Trinajstić information content (AvgIpc) is 2.24. The van der Waals surface area contributed by atoms with Crippen LogP contribution in [0.3, 0.4) is 0 Å². The Balaban J connectivity index is 2.62. The van der Waals surface area contributed by atoms with Gasteiger partial charge in [0, 0.05) is 7.11 Å². The highest BCUT2D eigenvalue weighted by Gasteiger charge is 2.43. The maximum absolute atomic E-state index is 10.2. The number of methoxy groups -OCH3 is 1. The highest BCUT2D eigenvalue weighted by Crippen LogP contribution is 2.28. The van der Waals surface area contributed by atoms with E-state index in [4.69, 9.17) is 4.74 Å². The van der Waals surface area contributed by atoms with Gasteiger partial charge in [0.25, 0.3) is 0 Å². The minimum atomic E-state index is -5.20. The van der Waals surface area contributed by atoms with E-state index in [1.54, 1.807) is 0 Å². The Labute approximate surface area is 96.8 Å². The molecule has 17 heavy (non-hydrogen) atoms. The number of phosphoric ester groups is 1. The van der Waals surface area contributed by atoms with E-state index in [1.165, 1.54) is 7.11 Å². The van der Waals surface area contributed by atoms with Crippen LogP contribution >= 0.6 is 7.82 Å². The Hall–Kier alpha value is -0.0900. The zero-order valence-electron chi connectivity index (χ0n) is 8.83. The molecule has 0 radical (unpaired) electrons. The Morgan fingerprint density at radius 3 is 2.29 bits per heavy atom. The van der Waals surface area contributed by atoms with Gasteiger partial charge >= 0.3 is 0 Å². The maximum atomic E-state index is 10.2. The normalized spacial score (nSPS) is 39.3. The molecule has 0 aromatic heterocycles. The van der Waals surface area contributed by atoms with Crippen molar-refractivity contribution in [2.75, 3.05) is 13.7 Å². The fourth-order valence-electron chi connectivity index (χ4n) is 1.41. The molecule has 0 amide bonds. The van der Waals surface area contributed by atoms with Crippen LogP contribution in [0.4, 0.5) is 0 Å². The van der Waals surface area contributed by atoms with Crippen molar-refractivity contribution in [3.8, 4) is 0 Å². The number of ether oxygens (including phenoxy) is 2. The Kier molecular flexibility index (Phi) is 5.02. The fraction of sp³-hybridized carbons (Fsp3) is 1.00. The first-order valence-electron chi connectivity index (χ1n) is 4.65. The molecule has 5 atom stereocenters. The second-order valence-electron chi connectivity index (χ2n) is 3.49. The van der Waals surface area contributed by atoms with Gasteiger partial charge in [-0.05, 0) is 0 Å². The van der Waals surface area contributed by atoms with E-state index in [0.717, 1.165) is 0 Å². The molecule has 1 saturated heterocycles. The summed E-state index contributed by atoms with van der Waals surface area (Å²) in [6, 6.07) is 0.